The Morgan fingerprint density at radius 1 is 1.35 bits per heavy atom. The first-order valence-corrected chi connectivity index (χ1v) is 5.46. The molecule has 8 nitrogen and oxygen atoms in total. The van der Waals surface area contributed by atoms with Gasteiger partial charge in [-0.15, -0.1) is 0 Å². The Kier molecular flexibility index (Phi) is 3.56. The average molecular weight is 275 g/mol. The average Bonchev–Trinajstić information content (AvgIpc) is 2.41. The molecule has 1 aromatic heterocycles. The number of hydrogen-bond acceptors (Lipinski definition) is 6. The second kappa shape index (κ2) is 5.31. The van der Waals surface area contributed by atoms with Crippen LogP contribution in [0.2, 0.25) is 0 Å². The Balaban J connectivity index is 2.28. The molecule has 0 aliphatic rings. The molecular weight excluding hydrogens is 266 g/mol. The van der Waals surface area contributed by atoms with Crippen LogP contribution in [0.25, 0.3) is 0 Å². The Labute approximate surface area is 112 Å². The number of nitrogens with zero attached hydrogens (tertiary/aromatic N) is 3. The zero-order valence-electron chi connectivity index (χ0n) is 10.3. The van der Waals surface area contributed by atoms with E-state index in [1.807, 2.05) is 0 Å². The predicted octanol–water partition coefficient (Wildman–Crippen LogP) is 2.18. The summed E-state index contributed by atoms with van der Waals surface area (Å²) in [6.45, 7) is 1.59. The number of hydrogen-bond donors (Lipinski definition) is 1. The van der Waals surface area contributed by atoms with Crippen molar-refractivity contribution < 1.29 is 19.6 Å². The number of carbonyl (C=O) groups is 1. The molecule has 1 heterocycles. The van der Waals surface area contributed by atoms with E-state index < -0.39 is 10.9 Å². The van der Waals surface area contributed by atoms with Gasteiger partial charge in [0.15, 0.2) is 0 Å². The van der Waals surface area contributed by atoms with E-state index in [9.17, 15) is 14.9 Å². The minimum absolute atomic E-state index is 0.0961. The van der Waals surface area contributed by atoms with E-state index in [-0.39, 0.29) is 23.0 Å². The van der Waals surface area contributed by atoms with E-state index in [1.54, 1.807) is 13.0 Å². The first-order valence-electron chi connectivity index (χ1n) is 5.46. The molecule has 0 amide bonds. The molecule has 0 bridgehead atoms. The maximum Gasteiger partial charge on any atom is 0.336 e. The van der Waals surface area contributed by atoms with Gasteiger partial charge in [-0.3, -0.25) is 10.1 Å². The molecule has 1 N–H and O–H groups in total. The lowest BCUT2D eigenvalue weighted by molar-refractivity contribution is -0.385. The van der Waals surface area contributed by atoms with Crippen molar-refractivity contribution in [2.75, 3.05) is 0 Å². The van der Waals surface area contributed by atoms with Crippen LogP contribution in [0.15, 0.2) is 30.6 Å². The first kappa shape index (κ1) is 13.4. The minimum Gasteiger partial charge on any atom is -0.478 e. The number of rotatable bonds is 4. The third-order valence-corrected chi connectivity index (χ3v) is 2.54. The number of aromatic carboxylic acids is 1. The molecule has 0 saturated heterocycles. The number of ether oxygens (including phenoxy) is 1. The lowest BCUT2D eigenvalue weighted by Gasteiger charge is -2.08. The van der Waals surface area contributed by atoms with Crippen LogP contribution in [0, 0.1) is 17.0 Å². The number of nitro groups is 1. The molecule has 102 valence electrons. The van der Waals surface area contributed by atoms with Crippen LogP contribution in [0.1, 0.15) is 15.9 Å². The summed E-state index contributed by atoms with van der Waals surface area (Å²) in [7, 11) is 0. The van der Waals surface area contributed by atoms with Crippen molar-refractivity contribution in [2.45, 2.75) is 6.92 Å². The van der Waals surface area contributed by atoms with Crippen molar-refractivity contribution >= 4 is 11.7 Å². The van der Waals surface area contributed by atoms with E-state index in [1.165, 1.54) is 12.1 Å². The molecule has 0 atom stereocenters. The van der Waals surface area contributed by atoms with E-state index in [4.69, 9.17) is 9.84 Å². The molecule has 8 heteroatoms. The zero-order chi connectivity index (χ0) is 14.7. The van der Waals surface area contributed by atoms with Crippen LogP contribution < -0.4 is 4.74 Å². The zero-order valence-corrected chi connectivity index (χ0v) is 10.3. The molecule has 1 aromatic carbocycles. The van der Waals surface area contributed by atoms with E-state index in [0.717, 1.165) is 12.4 Å². The van der Waals surface area contributed by atoms with Crippen molar-refractivity contribution in [2.24, 2.45) is 0 Å². The minimum atomic E-state index is -1.07. The van der Waals surface area contributed by atoms with Crippen LogP contribution in [0.5, 0.6) is 11.8 Å². The topological polar surface area (TPSA) is 115 Å². The molecule has 20 heavy (non-hydrogen) atoms. The van der Waals surface area contributed by atoms with E-state index in [2.05, 4.69) is 9.97 Å². The smallest absolute Gasteiger partial charge is 0.336 e. The van der Waals surface area contributed by atoms with Gasteiger partial charge in [-0.2, -0.15) is 9.97 Å². The second-order valence-electron chi connectivity index (χ2n) is 3.82. The summed E-state index contributed by atoms with van der Waals surface area (Å²) in [5.74, 6) is -0.795. The molecular formula is C12H9N3O5. The summed E-state index contributed by atoms with van der Waals surface area (Å²) in [4.78, 5) is 28.2. The Morgan fingerprint density at radius 2 is 2.00 bits per heavy atom. The summed E-state index contributed by atoms with van der Waals surface area (Å²) < 4.78 is 5.33. The van der Waals surface area contributed by atoms with Gasteiger partial charge in [0.25, 0.3) is 0 Å². The highest BCUT2D eigenvalue weighted by atomic mass is 16.6. The highest BCUT2D eigenvalue weighted by Crippen LogP contribution is 2.25. The van der Waals surface area contributed by atoms with Crippen LogP contribution in [-0.4, -0.2) is 26.0 Å². The fourth-order valence-corrected chi connectivity index (χ4v) is 1.51. The summed E-state index contributed by atoms with van der Waals surface area (Å²) in [5.41, 5.74) is 0.264. The number of carboxylic acids is 1. The van der Waals surface area contributed by atoms with Crippen molar-refractivity contribution in [1.29, 1.82) is 0 Å². The predicted molar refractivity (Wildman–Crippen MR) is 66.9 cm³/mol. The lowest BCUT2D eigenvalue weighted by Crippen LogP contribution is -2.02. The first-order chi connectivity index (χ1) is 9.49. The largest absolute Gasteiger partial charge is 0.478 e. The molecule has 0 radical (unpaired) electrons. The van der Waals surface area contributed by atoms with Crippen molar-refractivity contribution in [3.8, 4) is 11.8 Å². The lowest BCUT2D eigenvalue weighted by atomic mass is 10.1. The van der Waals surface area contributed by atoms with Gasteiger partial charge in [-0.25, -0.2) is 4.79 Å². The van der Waals surface area contributed by atoms with Gasteiger partial charge in [0.1, 0.15) is 18.1 Å². The summed E-state index contributed by atoms with van der Waals surface area (Å²) >= 11 is 0. The highest BCUT2D eigenvalue weighted by Gasteiger charge is 2.13. The van der Waals surface area contributed by atoms with Gasteiger partial charge in [0.05, 0.1) is 10.5 Å². The number of aromatic nitrogens is 2. The second-order valence-corrected chi connectivity index (χ2v) is 3.82. The maximum absolute atomic E-state index is 11.0. The van der Waals surface area contributed by atoms with Gasteiger partial charge in [-0.1, -0.05) is 6.07 Å². The van der Waals surface area contributed by atoms with Crippen LogP contribution in [0.3, 0.4) is 0 Å². The Morgan fingerprint density at radius 3 is 2.55 bits per heavy atom. The number of carboxylic acid groups (broad SMARTS) is 1. The van der Waals surface area contributed by atoms with Gasteiger partial charge in [0.2, 0.25) is 0 Å². The molecule has 0 aliphatic carbocycles. The van der Waals surface area contributed by atoms with Gasteiger partial charge < -0.3 is 9.84 Å². The van der Waals surface area contributed by atoms with Crippen LogP contribution >= 0.6 is 0 Å². The maximum atomic E-state index is 11.0. The molecule has 2 rings (SSSR count). The molecule has 0 fully saturated rings. The monoisotopic (exact) mass is 275 g/mol. The van der Waals surface area contributed by atoms with Gasteiger partial charge in [0, 0.05) is 5.56 Å². The van der Waals surface area contributed by atoms with Crippen LogP contribution in [0.4, 0.5) is 5.69 Å². The Hall–Kier alpha value is -3.03. The molecule has 0 aliphatic heterocycles. The number of benzene rings is 1. The summed E-state index contributed by atoms with van der Waals surface area (Å²) in [6, 6.07) is 4.44. The third-order valence-electron chi connectivity index (χ3n) is 2.54. The third kappa shape index (κ3) is 2.69. The standard InChI is InChI=1S/C12H9N3O5/c1-7-9(11(16)17)3-2-4-10(7)20-12-13-5-8(6-14-12)15(18)19/h2-6H,1H3,(H,16,17). The fraction of sp³-hybridized carbons (Fsp3) is 0.0833. The highest BCUT2D eigenvalue weighted by molar-refractivity contribution is 5.90. The summed E-state index contributed by atoms with van der Waals surface area (Å²) in [5, 5.41) is 19.5. The van der Waals surface area contributed by atoms with Crippen LogP contribution in [-0.2, 0) is 0 Å². The van der Waals surface area contributed by atoms with Gasteiger partial charge in [-0.05, 0) is 19.1 Å². The van der Waals surface area contributed by atoms with E-state index >= 15 is 0 Å². The van der Waals surface area contributed by atoms with Crippen molar-refractivity contribution in [3.05, 3.63) is 51.8 Å². The molecule has 2 aromatic rings. The van der Waals surface area contributed by atoms with Crippen molar-refractivity contribution in [1.82, 2.24) is 9.97 Å². The molecule has 0 unspecified atom stereocenters. The van der Waals surface area contributed by atoms with Gasteiger partial charge >= 0.3 is 17.7 Å². The van der Waals surface area contributed by atoms with Crippen molar-refractivity contribution in [3.63, 3.8) is 0 Å². The fourth-order valence-electron chi connectivity index (χ4n) is 1.51. The molecule has 0 spiro atoms. The summed E-state index contributed by atoms with van der Waals surface area (Å²) in [6.07, 6.45) is 2.03. The molecule has 0 saturated carbocycles. The van der Waals surface area contributed by atoms with E-state index in [0.29, 0.717) is 5.56 Å². The Bertz CT molecular complexity index is 669. The normalized spacial score (nSPS) is 10.1. The SMILES string of the molecule is Cc1c(Oc2ncc([N+](=O)[O-])cn2)cccc1C(=O)O. The quantitative estimate of drug-likeness (QED) is 0.671.